The molecule has 1 unspecified atom stereocenters. The van der Waals surface area contributed by atoms with Gasteiger partial charge in [0.1, 0.15) is 17.5 Å². The van der Waals surface area contributed by atoms with Gasteiger partial charge in [-0.1, -0.05) is 17.7 Å². The van der Waals surface area contributed by atoms with Crippen molar-refractivity contribution in [2.24, 2.45) is 0 Å². The van der Waals surface area contributed by atoms with Gasteiger partial charge < -0.3 is 20.3 Å². The maximum absolute atomic E-state index is 12.7. The molecule has 0 radical (unpaired) electrons. The lowest BCUT2D eigenvalue weighted by atomic mass is 10.2. The summed E-state index contributed by atoms with van der Waals surface area (Å²) in [4.78, 5) is 30.7. The average molecular weight is 423 g/mol. The fourth-order valence-electron chi connectivity index (χ4n) is 3.20. The second-order valence-electron chi connectivity index (χ2n) is 6.72. The zero-order valence-corrected chi connectivity index (χ0v) is 16.7. The Morgan fingerprint density at radius 3 is 2.60 bits per heavy atom. The Hall–Kier alpha value is -3.58. The van der Waals surface area contributed by atoms with E-state index in [1.807, 2.05) is 0 Å². The molecule has 1 saturated heterocycles. The molecule has 4 rings (SSSR count). The van der Waals surface area contributed by atoms with Crippen LogP contribution in [0, 0.1) is 0 Å². The molecule has 1 aliphatic heterocycles. The Kier molecular flexibility index (Phi) is 5.81. The summed E-state index contributed by atoms with van der Waals surface area (Å²) in [6, 6.07) is 16.5. The largest absolute Gasteiger partial charge is 0.457 e. The molecule has 1 fully saturated rings. The fourth-order valence-corrected chi connectivity index (χ4v) is 3.32. The van der Waals surface area contributed by atoms with Gasteiger partial charge >= 0.3 is 6.03 Å². The van der Waals surface area contributed by atoms with Gasteiger partial charge in [0.15, 0.2) is 0 Å². The number of hydrogen-bond acceptors (Lipinski definition) is 4. The van der Waals surface area contributed by atoms with Crippen LogP contribution in [-0.4, -0.2) is 29.5 Å². The van der Waals surface area contributed by atoms with Crippen molar-refractivity contribution in [1.29, 1.82) is 0 Å². The van der Waals surface area contributed by atoms with Crippen molar-refractivity contribution >= 4 is 34.9 Å². The van der Waals surface area contributed by atoms with Crippen LogP contribution in [0.5, 0.6) is 11.5 Å². The van der Waals surface area contributed by atoms with Gasteiger partial charge in [-0.25, -0.2) is 4.79 Å². The summed E-state index contributed by atoms with van der Waals surface area (Å²) in [5, 5.41) is 6.09. The Morgan fingerprint density at radius 2 is 1.83 bits per heavy atom. The van der Waals surface area contributed by atoms with E-state index < -0.39 is 12.1 Å². The van der Waals surface area contributed by atoms with Crippen LogP contribution in [0.4, 0.5) is 16.2 Å². The van der Waals surface area contributed by atoms with E-state index in [-0.39, 0.29) is 5.91 Å². The number of hydrogen-bond donors (Lipinski definition) is 2. The number of pyridine rings is 1. The molecule has 0 aliphatic carbocycles. The van der Waals surface area contributed by atoms with Crippen molar-refractivity contribution in [3.05, 3.63) is 78.1 Å². The number of halogens is 1. The minimum absolute atomic E-state index is 0.151. The molecule has 152 valence electrons. The van der Waals surface area contributed by atoms with E-state index in [9.17, 15) is 9.59 Å². The highest BCUT2D eigenvalue weighted by molar-refractivity contribution is 6.30. The van der Waals surface area contributed by atoms with Crippen LogP contribution in [0.1, 0.15) is 6.42 Å². The zero-order chi connectivity index (χ0) is 20.9. The molecule has 3 aromatic rings. The van der Waals surface area contributed by atoms with Crippen LogP contribution < -0.4 is 20.3 Å². The molecule has 2 aromatic carbocycles. The molecule has 2 N–H and O–H groups in total. The first-order chi connectivity index (χ1) is 14.6. The summed E-state index contributed by atoms with van der Waals surface area (Å²) in [5.41, 5.74) is 1.31. The number of aromatic nitrogens is 1. The Bertz CT molecular complexity index is 1040. The smallest absolute Gasteiger partial charge is 0.319 e. The lowest BCUT2D eigenvalue weighted by molar-refractivity contribution is -0.118. The van der Waals surface area contributed by atoms with Crippen molar-refractivity contribution in [2.45, 2.75) is 12.5 Å². The van der Waals surface area contributed by atoms with E-state index in [1.165, 1.54) is 0 Å². The maximum atomic E-state index is 12.7. The van der Waals surface area contributed by atoms with Crippen LogP contribution in [0.2, 0.25) is 5.02 Å². The van der Waals surface area contributed by atoms with E-state index in [2.05, 4.69) is 15.6 Å². The Morgan fingerprint density at radius 1 is 1.07 bits per heavy atom. The molecular weight excluding hydrogens is 404 g/mol. The van der Waals surface area contributed by atoms with Gasteiger partial charge in [0.05, 0.1) is 0 Å². The van der Waals surface area contributed by atoms with E-state index in [0.29, 0.717) is 35.2 Å². The van der Waals surface area contributed by atoms with Gasteiger partial charge in [-0.15, -0.1) is 0 Å². The monoisotopic (exact) mass is 422 g/mol. The molecule has 8 heteroatoms. The molecule has 1 aromatic heterocycles. The second kappa shape index (κ2) is 8.84. The van der Waals surface area contributed by atoms with Gasteiger partial charge in [-0.3, -0.25) is 9.78 Å². The number of urea groups is 1. The molecule has 1 atom stereocenters. The standard InChI is InChI=1S/C22H19ClN4O3/c23-15-4-6-17(7-5-15)27-13-10-20(21(27)28)26-22(29)25-16-2-1-3-19(14-16)30-18-8-11-24-12-9-18/h1-9,11-12,14,20H,10,13H2,(H2,25,26,29). The summed E-state index contributed by atoms with van der Waals surface area (Å²) in [6.45, 7) is 0.528. The van der Waals surface area contributed by atoms with Crippen LogP contribution in [-0.2, 0) is 4.79 Å². The van der Waals surface area contributed by atoms with Crippen LogP contribution in [0.25, 0.3) is 0 Å². The van der Waals surface area contributed by atoms with E-state index >= 15 is 0 Å². The first-order valence-corrected chi connectivity index (χ1v) is 9.79. The minimum Gasteiger partial charge on any atom is -0.457 e. The average Bonchev–Trinajstić information content (AvgIpc) is 3.10. The maximum Gasteiger partial charge on any atom is 0.319 e. The molecule has 0 saturated carbocycles. The second-order valence-corrected chi connectivity index (χ2v) is 7.16. The molecule has 30 heavy (non-hydrogen) atoms. The Balaban J connectivity index is 1.35. The van der Waals surface area contributed by atoms with Crippen molar-refractivity contribution in [1.82, 2.24) is 10.3 Å². The molecule has 2 heterocycles. The predicted octanol–water partition coefficient (Wildman–Crippen LogP) is 4.45. The normalized spacial score (nSPS) is 15.7. The number of nitrogens with zero attached hydrogens (tertiary/aromatic N) is 2. The van der Waals surface area contributed by atoms with Crippen molar-refractivity contribution in [3.63, 3.8) is 0 Å². The molecule has 3 amide bonds. The summed E-state index contributed by atoms with van der Waals surface area (Å²) in [5.74, 6) is 1.07. The SMILES string of the molecule is O=C(Nc1cccc(Oc2ccncc2)c1)NC1CCN(c2ccc(Cl)cc2)C1=O. The van der Waals surface area contributed by atoms with Gasteiger partial charge in [0, 0.05) is 41.4 Å². The van der Waals surface area contributed by atoms with Gasteiger partial charge in [-0.05, 0) is 55.0 Å². The lowest BCUT2D eigenvalue weighted by Gasteiger charge is -2.17. The van der Waals surface area contributed by atoms with Crippen LogP contribution >= 0.6 is 11.6 Å². The third-order valence-corrected chi connectivity index (χ3v) is 4.88. The van der Waals surface area contributed by atoms with Crippen molar-refractivity contribution < 1.29 is 14.3 Å². The van der Waals surface area contributed by atoms with Crippen molar-refractivity contribution in [2.75, 3.05) is 16.8 Å². The van der Waals surface area contributed by atoms with Crippen LogP contribution in [0.15, 0.2) is 73.1 Å². The number of ether oxygens (including phenoxy) is 1. The number of amides is 3. The predicted molar refractivity (Wildman–Crippen MR) is 115 cm³/mol. The molecule has 1 aliphatic rings. The van der Waals surface area contributed by atoms with Crippen molar-refractivity contribution in [3.8, 4) is 11.5 Å². The molecule has 0 bridgehead atoms. The summed E-state index contributed by atoms with van der Waals surface area (Å²) < 4.78 is 5.74. The Labute approximate surface area is 178 Å². The van der Waals surface area contributed by atoms with E-state index in [4.69, 9.17) is 16.3 Å². The number of anilines is 2. The molecule has 0 spiro atoms. The highest BCUT2D eigenvalue weighted by atomic mass is 35.5. The third-order valence-electron chi connectivity index (χ3n) is 4.63. The number of benzene rings is 2. The van der Waals surface area contributed by atoms with Gasteiger partial charge in [0.25, 0.3) is 0 Å². The fraction of sp³-hybridized carbons (Fsp3) is 0.136. The van der Waals surface area contributed by atoms with E-state index in [1.54, 1.807) is 78.0 Å². The lowest BCUT2D eigenvalue weighted by Crippen LogP contribution is -2.43. The number of carbonyl (C=O) groups is 2. The quantitative estimate of drug-likeness (QED) is 0.636. The van der Waals surface area contributed by atoms with Gasteiger partial charge in [-0.2, -0.15) is 0 Å². The minimum atomic E-state index is -0.586. The summed E-state index contributed by atoms with van der Waals surface area (Å²) in [7, 11) is 0. The summed E-state index contributed by atoms with van der Waals surface area (Å²) >= 11 is 5.91. The van der Waals surface area contributed by atoms with Gasteiger partial charge in [0.2, 0.25) is 5.91 Å². The highest BCUT2D eigenvalue weighted by Gasteiger charge is 2.33. The first kappa shape index (κ1) is 19.7. The number of carbonyl (C=O) groups excluding carboxylic acids is 2. The number of rotatable bonds is 5. The van der Waals surface area contributed by atoms with E-state index in [0.717, 1.165) is 5.69 Å². The molecule has 7 nitrogen and oxygen atoms in total. The molecular formula is C22H19ClN4O3. The van der Waals surface area contributed by atoms with Crippen LogP contribution in [0.3, 0.4) is 0 Å². The summed E-state index contributed by atoms with van der Waals surface area (Å²) in [6.07, 6.45) is 3.80. The number of nitrogens with one attached hydrogen (secondary N) is 2. The third kappa shape index (κ3) is 4.69. The zero-order valence-electron chi connectivity index (χ0n) is 15.9. The first-order valence-electron chi connectivity index (χ1n) is 9.41. The highest BCUT2D eigenvalue weighted by Crippen LogP contribution is 2.25. The topological polar surface area (TPSA) is 83.6 Å².